The fourth-order valence-corrected chi connectivity index (χ4v) is 2.62. The molecule has 3 N–H and O–H groups in total. The summed E-state index contributed by atoms with van der Waals surface area (Å²) in [5.74, 6) is 0. The van der Waals surface area contributed by atoms with Gasteiger partial charge in [-0.1, -0.05) is 53.0 Å². The van der Waals surface area contributed by atoms with E-state index in [1.165, 1.54) is 5.56 Å². The zero-order valence-electron chi connectivity index (χ0n) is 10.8. The summed E-state index contributed by atoms with van der Waals surface area (Å²) >= 11 is 12.2. The summed E-state index contributed by atoms with van der Waals surface area (Å²) in [6.07, 6.45) is 0. The molecule has 0 atom stereocenters. The number of benzene rings is 2. The second-order valence-corrected chi connectivity index (χ2v) is 5.46. The summed E-state index contributed by atoms with van der Waals surface area (Å²) in [5.41, 5.74) is 14.2. The molecule has 1 aliphatic rings. The van der Waals surface area contributed by atoms with Crippen LogP contribution in [0.2, 0.25) is 10.0 Å². The first-order chi connectivity index (χ1) is 9.65. The van der Waals surface area contributed by atoms with Crippen molar-refractivity contribution >= 4 is 34.6 Å². The van der Waals surface area contributed by atoms with Crippen LogP contribution in [-0.4, -0.2) is 0 Å². The van der Waals surface area contributed by atoms with E-state index in [1.54, 1.807) is 6.07 Å². The van der Waals surface area contributed by atoms with Crippen LogP contribution in [0, 0.1) is 6.92 Å². The van der Waals surface area contributed by atoms with Crippen LogP contribution in [0.25, 0.3) is 11.4 Å². The molecular formula is C15H13Cl2N3. The molecule has 0 aromatic heterocycles. The van der Waals surface area contributed by atoms with Crippen molar-refractivity contribution in [3.63, 3.8) is 0 Å². The summed E-state index contributed by atoms with van der Waals surface area (Å²) in [5, 5.41) is 1.23. The van der Waals surface area contributed by atoms with Gasteiger partial charge in [0.25, 0.3) is 0 Å². The minimum atomic E-state index is 0.607. The highest BCUT2D eigenvalue weighted by Crippen LogP contribution is 2.30. The van der Waals surface area contributed by atoms with Gasteiger partial charge >= 0.3 is 0 Å². The van der Waals surface area contributed by atoms with Crippen molar-refractivity contribution in [2.24, 2.45) is 0 Å². The van der Waals surface area contributed by atoms with Crippen LogP contribution in [-0.2, 0) is 0 Å². The van der Waals surface area contributed by atoms with E-state index in [9.17, 15) is 0 Å². The van der Waals surface area contributed by atoms with E-state index in [4.69, 9.17) is 23.2 Å². The summed E-state index contributed by atoms with van der Waals surface area (Å²) in [6, 6.07) is 13.7. The molecule has 20 heavy (non-hydrogen) atoms. The average Bonchev–Trinajstić information content (AvgIpc) is 2.88. The summed E-state index contributed by atoms with van der Waals surface area (Å²) in [4.78, 5) is 0. The summed E-state index contributed by atoms with van der Waals surface area (Å²) in [6.45, 7) is 2.06. The summed E-state index contributed by atoms with van der Waals surface area (Å²) in [7, 11) is 0. The van der Waals surface area contributed by atoms with E-state index in [0.717, 1.165) is 22.5 Å². The first kappa shape index (κ1) is 13.3. The molecule has 0 fully saturated rings. The lowest BCUT2D eigenvalue weighted by atomic mass is 10.0. The molecule has 0 aliphatic carbocycles. The zero-order chi connectivity index (χ0) is 14.1. The smallest absolute Gasteiger partial charge is 0.0844 e. The SMILES string of the molecule is Cc1ccc(C2=C(c3ccc(Cl)cc3Cl)NNN2)cc1. The third-order valence-electron chi connectivity index (χ3n) is 3.17. The molecule has 0 radical (unpaired) electrons. The topological polar surface area (TPSA) is 36.1 Å². The Morgan fingerprint density at radius 3 is 2.25 bits per heavy atom. The fraction of sp³-hybridized carbons (Fsp3) is 0.0667. The van der Waals surface area contributed by atoms with E-state index in [-0.39, 0.29) is 0 Å². The lowest BCUT2D eigenvalue weighted by Crippen LogP contribution is -2.32. The monoisotopic (exact) mass is 305 g/mol. The molecule has 2 aromatic rings. The highest BCUT2D eigenvalue weighted by molar-refractivity contribution is 6.35. The van der Waals surface area contributed by atoms with Crippen molar-refractivity contribution in [3.8, 4) is 0 Å². The number of hydrazine groups is 2. The van der Waals surface area contributed by atoms with Gasteiger partial charge in [0.15, 0.2) is 0 Å². The normalized spacial score (nSPS) is 14.2. The Morgan fingerprint density at radius 1 is 0.850 bits per heavy atom. The lowest BCUT2D eigenvalue weighted by molar-refractivity contribution is 0.627. The van der Waals surface area contributed by atoms with Gasteiger partial charge in [0, 0.05) is 16.1 Å². The Labute approximate surface area is 127 Å². The highest BCUT2D eigenvalue weighted by Gasteiger charge is 2.18. The first-order valence-electron chi connectivity index (χ1n) is 6.19. The Hall–Kier alpha value is -1.68. The Balaban J connectivity index is 2.09. The molecule has 0 amide bonds. The van der Waals surface area contributed by atoms with Gasteiger partial charge < -0.3 is 10.9 Å². The molecule has 0 saturated carbocycles. The second kappa shape index (κ2) is 5.37. The average molecular weight is 306 g/mol. The predicted octanol–water partition coefficient (Wildman–Crippen LogP) is 3.74. The Bertz CT molecular complexity index is 678. The molecule has 0 saturated heterocycles. The number of hydrogen-bond acceptors (Lipinski definition) is 3. The molecule has 0 bridgehead atoms. The van der Waals surface area contributed by atoms with Gasteiger partial charge in [-0.15, -0.1) is 5.53 Å². The van der Waals surface area contributed by atoms with Crippen molar-refractivity contribution in [2.75, 3.05) is 0 Å². The third kappa shape index (κ3) is 2.48. The lowest BCUT2D eigenvalue weighted by Gasteiger charge is -2.08. The standard InChI is InChI=1S/C15H13Cl2N3/c1-9-2-4-10(5-3-9)14-15(19-20-18-14)12-7-6-11(16)8-13(12)17/h2-8,18-20H,1H3. The highest BCUT2D eigenvalue weighted by atomic mass is 35.5. The van der Waals surface area contributed by atoms with Crippen molar-refractivity contribution in [1.82, 2.24) is 16.4 Å². The maximum absolute atomic E-state index is 6.27. The Morgan fingerprint density at radius 2 is 1.55 bits per heavy atom. The van der Waals surface area contributed by atoms with Gasteiger partial charge in [0.2, 0.25) is 0 Å². The van der Waals surface area contributed by atoms with Crippen molar-refractivity contribution in [3.05, 3.63) is 69.2 Å². The number of hydrogen-bond donors (Lipinski definition) is 3. The maximum atomic E-state index is 6.27. The number of halogens is 2. The van der Waals surface area contributed by atoms with Gasteiger partial charge in [0.1, 0.15) is 0 Å². The number of nitrogens with one attached hydrogen (secondary N) is 3. The van der Waals surface area contributed by atoms with Crippen molar-refractivity contribution in [2.45, 2.75) is 6.92 Å². The molecule has 1 heterocycles. The van der Waals surface area contributed by atoms with Crippen LogP contribution in [0.1, 0.15) is 16.7 Å². The van der Waals surface area contributed by atoms with Crippen molar-refractivity contribution in [1.29, 1.82) is 0 Å². The quantitative estimate of drug-likeness (QED) is 0.791. The molecule has 3 rings (SSSR count). The number of aryl methyl sites for hydroxylation is 1. The predicted molar refractivity (Wildman–Crippen MR) is 83.9 cm³/mol. The van der Waals surface area contributed by atoms with Crippen LogP contribution in [0.15, 0.2) is 42.5 Å². The van der Waals surface area contributed by atoms with E-state index in [2.05, 4.69) is 47.6 Å². The van der Waals surface area contributed by atoms with Gasteiger partial charge in [-0.25, -0.2) is 0 Å². The van der Waals surface area contributed by atoms with Gasteiger partial charge in [-0.2, -0.15) is 0 Å². The minimum Gasteiger partial charge on any atom is -0.301 e. The molecule has 3 nitrogen and oxygen atoms in total. The molecule has 0 spiro atoms. The largest absolute Gasteiger partial charge is 0.301 e. The summed E-state index contributed by atoms with van der Waals surface area (Å²) < 4.78 is 0. The molecule has 102 valence electrons. The van der Waals surface area contributed by atoms with Crippen LogP contribution in [0.5, 0.6) is 0 Å². The van der Waals surface area contributed by atoms with E-state index in [1.807, 2.05) is 12.1 Å². The van der Waals surface area contributed by atoms with E-state index in [0.29, 0.717) is 10.0 Å². The van der Waals surface area contributed by atoms with Gasteiger partial charge in [-0.05, 0) is 25.1 Å². The molecule has 0 unspecified atom stereocenters. The maximum Gasteiger partial charge on any atom is 0.0844 e. The van der Waals surface area contributed by atoms with E-state index < -0.39 is 0 Å². The van der Waals surface area contributed by atoms with Crippen LogP contribution in [0.4, 0.5) is 0 Å². The van der Waals surface area contributed by atoms with Crippen LogP contribution < -0.4 is 16.4 Å². The van der Waals surface area contributed by atoms with Gasteiger partial charge in [-0.3, -0.25) is 0 Å². The molecular weight excluding hydrogens is 293 g/mol. The molecule has 2 aromatic carbocycles. The fourth-order valence-electron chi connectivity index (χ4n) is 2.11. The first-order valence-corrected chi connectivity index (χ1v) is 6.94. The van der Waals surface area contributed by atoms with Crippen molar-refractivity contribution < 1.29 is 0 Å². The van der Waals surface area contributed by atoms with Crippen LogP contribution >= 0.6 is 23.2 Å². The second-order valence-electron chi connectivity index (χ2n) is 4.62. The zero-order valence-corrected chi connectivity index (χ0v) is 12.3. The minimum absolute atomic E-state index is 0.607. The van der Waals surface area contributed by atoms with Crippen LogP contribution in [0.3, 0.4) is 0 Å². The molecule has 1 aliphatic heterocycles. The van der Waals surface area contributed by atoms with Gasteiger partial charge in [0.05, 0.1) is 16.4 Å². The third-order valence-corrected chi connectivity index (χ3v) is 3.71. The molecule has 5 heteroatoms. The number of rotatable bonds is 2. The Kier molecular flexibility index (Phi) is 3.57. The van der Waals surface area contributed by atoms with E-state index >= 15 is 0 Å².